The van der Waals surface area contributed by atoms with Crippen molar-refractivity contribution in [2.24, 2.45) is 0 Å². The standard InChI is InChI=1S/C19H29NO3/c1-14(2)23-17-11-9-16(10-12-17)20-18(21)13-19(3,22)15-7-5-4-6-8-15/h4-8,14,16-17,22H,9-13H2,1-3H3,(H,20,21). The molecule has 2 N–H and O–H groups in total. The molecule has 1 unspecified atom stereocenters. The molecule has 1 aromatic carbocycles. The second kappa shape index (κ2) is 7.93. The third-order valence-electron chi connectivity index (χ3n) is 4.40. The second-order valence-electron chi connectivity index (χ2n) is 7.04. The maximum atomic E-state index is 12.3. The van der Waals surface area contributed by atoms with Gasteiger partial charge in [0.25, 0.3) is 0 Å². The first-order chi connectivity index (χ1) is 10.9. The van der Waals surface area contributed by atoms with Crippen molar-refractivity contribution in [1.82, 2.24) is 5.32 Å². The molecule has 0 saturated heterocycles. The molecule has 1 aliphatic carbocycles. The van der Waals surface area contributed by atoms with E-state index >= 15 is 0 Å². The van der Waals surface area contributed by atoms with Gasteiger partial charge in [-0.2, -0.15) is 0 Å². The molecule has 0 bridgehead atoms. The third-order valence-corrected chi connectivity index (χ3v) is 4.40. The molecule has 1 aliphatic rings. The fourth-order valence-electron chi connectivity index (χ4n) is 3.22. The van der Waals surface area contributed by atoms with Crippen molar-refractivity contribution in [3.8, 4) is 0 Å². The van der Waals surface area contributed by atoms with E-state index < -0.39 is 5.60 Å². The number of amides is 1. The first-order valence-corrected chi connectivity index (χ1v) is 8.59. The van der Waals surface area contributed by atoms with E-state index in [0.29, 0.717) is 6.10 Å². The lowest BCUT2D eigenvalue weighted by molar-refractivity contribution is -0.127. The lowest BCUT2D eigenvalue weighted by Crippen LogP contribution is -2.42. The van der Waals surface area contributed by atoms with E-state index in [1.54, 1.807) is 6.92 Å². The maximum Gasteiger partial charge on any atom is 0.223 e. The van der Waals surface area contributed by atoms with Crippen molar-refractivity contribution in [1.29, 1.82) is 0 Å². The smallest absolute Gasteiger partial charge is 0.223 e. The summed E-state index contributed by atoms with van der Waals surface area (Å²) in [5.74, 6) is -0.0907. The van der Waals surface area contributed by atoms with Gasteiger partial charge in [0.1, 0.15) is 0 Å². The van der Waals surface area contributed by atoms with E-state index in [4.69, 9.17) is 4.74 Å². The minimum absolute atomic E-state index is 0.0828. The van der Waals surface area contributed by atoms with Crippen LogP contribution in [0.3, 0.4) is 0 Å². The van der Waals surface area contributed by atoms with Gasteiger partial charge in [-0.05, 0) is 52.0 Å². The van der Waals surface area contributed by atoms with E-state index in [-0.39, 0.29) is 24.5 Å². The molecule has 4 nitrogen and oxygen atoms in total. The normalized spacial score (nSPS) is 24.2. The van der Waals surface area contributed by atoms with E-state index in [1.165, 1.54) is 0 Å². The molecule has 1 atom stereocenters. The molecular weight excluding hydrogens is 290 g/mol. The molecule has 128 valence electrons. The van der Waals surface area contributed by atoms with Gasteiger partial charge in [-0.1, -0.05) is 30.3 Å². The first-order valence-electron chi connectivity index (χ1n) is 8.59. The van der Waals surface area contributed by atoms with Crippen LogP contribution in [0.15, 0.2) is 30.3 Å². The molecule has 0 spiro atoms. The Kier molecular flexibility index (Phi) is 6.19. The summed E-state index contributed by atoms with van der Waals surface area (Å²) in [6, 6.07) is 9.54. The SMILES string of the molecule is CC(C)OC1CCC(NC(=O)CC(C)(O)c2ccccc2)CC1. The minimum atomic E-state index is -1.14. The van der Waals surface area contributed by atoms with Crippen LogP contribution in [0.5, 0.6) is 0 Å². The summed E-state index contributed by atoms with van der Waals surface area (Å²) in [6.07, 6.45) is 4.51. The zero-order valence-electron chi connectivity index (χ0n) is 14.4. The Bertz CT molecular complexity index is 491. The summed E-state index contributed by atoms with van der Waals surface area (Å²) >= 11 is 0. The van der Waals surface area contributed by atoms with Crippen molar-refractivity contribution in [3.05, 3.63) is 35.9 Å². The number of nitrogens with one attached hydrogen (secondary N) is 1. The summed E-state index contributed by atoms with van der Waals surface area (Å²) in [5, 5.41) is 13.6. The molecule has 0 aliphatic heterocycles. The average Bonchev–Trinajstić information content (AvgIpc) is 2.49. The van der Waals surface area contributed by atoms with E-state index in [1.807, 2.05) is 30.3 Å². The molecular formula is C19H29NO3. The fraction of sp³-hybridized carbons (Fsp3) is 0.632. The number of benzene rings is 1. The number of hydrogen-bond donors (Lipinski definition) is 2. The van der Waals surface area contributed by atoms with Gasteiger partial charge in [-0.3, -0.25) is 4.79 Å². The van der Waals surface area contributed by atoms with Gasteiger partial charge in [-0.25, -0.2) is 0 Å². The fourth-order valence-corrected chi connectivity index (χ4v) is 3.22. The van der Waals surface area contributed by atoms with Gasteiger partial charge in [0.15, 0.2) is 0 Å². The van der Waals surface area contributed by atoms with Crippen LogP contribution in [-0.2, 0) is 15.1 Å². The van der Waals surface area contributed by atoms with Gasteiger partial charge in [-0.15, -0.1) is 0 Å². The average molecular weight is 319 g/mol. The molecule has 1 fully saturated rings. The topological polar surface area (TPSA) is 58.6 Å². The predicted molar refractivity (Wildman–Crippen MR) is 91.0 cm³/mol. The van der Waals surface area contributed by atoms with Crippen LogP contribution in [0.2, 0.25) is 0 Å². The maximum absolute atomic E-state index is 12.3. The molecule has 0 aromatic heterocycles. The Morgan fingerprint density at radius 1 is 1.26 bits per heavy atom. The van der Waals surface area contributed by atoms with E-state index in [9.17, 15) is 9.90 Å². The van der Waals surface area contributed by atoms with E-state index in [0.717, 1.165) is 31.2 Å². The summed E-state index contributed by atoms with van der Waals surface area (Å²) in [6.45, 7) is 5.80. The van der Waals surface area contributed by atoms with Crippen LogP contribution in [0.1, 0.15) is 58.4 Å². The van der Waals surface area contributed by atoms with Gasteiger partial charge in [0.05, 0.1) is 24.2 Å². The van der Waals surface area contributed by atoms with Crippen molar-refractivity contribution in [2.75, 3.05) is 0 Å². The van der Waals surface area contributed by atoms with Crippen molar-refractivity contribution in [2.45, 2.75) is 76.7 Å². The largest absolute Gasteiger partial charge is 0.385 e. The summed E-state index contributed by atoms with van der Waals surface area (Å²) in [7, 11) is 0. The van der Waals surface area contributed by atoms with Crippen LogP contribution < -0.4 is 5.32 Å². The highest BCUT2D eigenvalue weighted by Gasteiger charge is 2.29. The molecule has 23 heavy (non-hydrogen) atoms. The number of carbonyl (C=O) groups excluding carboxylic acids is 1. The van der Waals surface area contributed by atoms with Crippen LogP contribution >= 0.6 is 0 Å². The van der Waals surface area contributed by atoms with Gasteiger partial charge in [0.2, 0.25) is 5.91 Å². The Morgan fingerprint density at radius 3 is 2.43 bits per heavy atom. The molecule has 1 amide bonds. The Morgan fingerprint density at radius 2 is 1.87 bits per heavy atom. The molecule has 4 heteroatoms. The van der Waals surface area contributed by atoms with Crippen molar-refractivity contribution < 1.29 is 14.6 Å². The summed E-state index contributed by atoms with van der Waals surface area (Å²) < 4.78 is 5.83. The summed E-state index contributed by atoms with van der Waals surface area (Å²) in [4.78, 5) is 12.3. The minimum Gasteiger partial charge on any atom is -0.385 e. The van der Waals surface area contributed by atoms with E-state index in [2.05, 4.69) is 19.2 Å². The monoisotopic (exact) mass is 319 g/mol. The van der Waals surface area contributed by atoms with Crippen molar-refractivity contribution >= 4 is 5.91 Å². The van der Waals surface area contributed by atoms with Crippen LogP contribution in [0.25, 0.3) is 0 Å². The number of ether oxygens (including phenoxy) is 1. The highest BCUT2D eigenvalue weighted by atomic mass is 16.5. The number of hydrogen-bond acceptors (Lipinski definition) is 3. The highest BCUT2D eigenvalue weighted by Crippen LogP contribution is 2.26. The molecule has 0 radical (unpaired) electrons. The zero-order valence-corrected chi connectivity index (χ0v) is 14.4. The Hall–Kier alpha value is -1.39. The highest BCUT2D eigenvalue weighted by molar-refractivity contribution is 5.77. The number of carbonyl (C=O) groups is 1. The predicted octanol–water partition coefficient (Wildman–Crippen LogP) is 3.14. The Balaban J connectivity index is 1.79. The lowest BCUT2D eigenvalue weighted by atomic mass is 9.90. The van der Waals surface area contributed by atoms with Crippen LogP contribution in [0.4, 0.5) is 0 Å². The third kappa shape index (κ3) is 5.63. The van der Waals surface area contributed by atoms with Crippen LogP contribution in [-0.4, -0.2) is 29.3 Å². The summed E-state index contributed by atoms with van der Waals surface area (Å²) in [5.41, 5.74) is -0.368. The quantitative estimate of drug-likeness (QED) is 0.847. The second-order valence-corrected chi connectivity index (χ2v) is 7.04. The first kappa shape index (κ1) is 18.0. The molecule has 1 aromatic rings. The Labute approximate surface area is 139 Å². The number of rotatable bonds is 6. The lowest BCUT2D eigenvalue weighted by Gasteiger charge is -2.31. The van der Waals surface area contributed by atoms with Gasteiger partial charge in [0, 0.05) is 6.04 Å². The molecule has 2 rings (SSSR count). The zero-order chi connectivity index (χ0) is 16.9. The van der Waals surface area contributed by atoms with Crippen LogP contribution in [0, 0.1) is 0 Å². The molecule has 0 heterocycles. The van der Waals surface area contributed by atoms with Gasteiger partial charge < -0.3 is 15.2 Å². The molecule has 1 saturated carbocycles. The van der Waals surface area contributed by atoms with Crippen molar-refractivity contribution in [3.63, 3.8) is 0 Å². The number of aliphatic hydroxyl groups is 1. The van der Waals surface area contributed by atoms with Gasteiger partial charge >= 0.3 is 0 Å².